The molecule has 6 nitrogen and oxygen atoms in total. The van der Waals surface area contributed by atoms with E-state index in [9.17, 15) is 14.7 Å². The standard InChI is InChI=1S/C16H17N3O3/c1-3-6-18-9-14-17-8-10(2)19(14)13-7-11(16(21)22)4-5-12(13)15(18)20/h4-5,7-8H,3,6,9H2,1-2H3,(H,21,22). The lowest BCUT2D eigenvalue weighted by Gasteiger charge is -2.19. The maximum absolute atomic E-state index is 12.7. The third kappa shape index (κ3) is 2.16. The van der Waals surface area contributed by atoms with Crippen LogP contribution in [0, 0.1) is 6.92 Å². The van der Waals surface area contributed by atoms with Crippen molar-refractivity contribution in [1.82, 2.24) is 14.5 Å². The number of aryl methyl sites for hydroxylation is 1. The van der Waals surface area contributed by atoms with E-state index in [0.29, 0.717) is 24.3 Å². The van der Waals surface area contributed by atoms with Crippen LogP contribution in [0.4, 0.5) is 0 Å². The number of fused-ring (bicyclic) bond motifs is 3. The van der Waals surface area contributed by atoms with Crippen LogP contribution in [-0.4, -0.2) is 38.0 Å². The predicted molar refractivity (Wildman–Crippen MR) is 80.3 cm³/mol. The molecular weight excluding hydrogens is 282 g/mol. The summed E-state index contributed by atoms with van der Waals surface area (Å²) in [5.74, 6) is -0.344. The van der Waals surface area contributed by atoms with Crippen molar-refractivity contribution < 1.29 is 14.7 Å². The lowest BCUT2D eigenvalue weighted by molar-refractivity contribution is 0.0693. The van der Waals surface area contributed by atoms with Gasteiger partial charge in [-0.25, -0.2) is 9.78 Å². The normalized spacial score (nSPS) is 13.5. The van der Waals surface area contributed by atoms with Crippen molar-refractivity contribution >= 4 is 11.9 Å². The molecule has 1 aliphatic heterocycles. The van der Waals surface area contributed by atoms with Crippen molar-refractivity contribution in [3.63, 3.8) is 0 Å². The van der Waals surface area contributed by atoms with Crippen LogP contribution in [-0.2, 0) is 6.54 Å². The number of amides is 1. The number of carbonyl (C=O) groups is 2. The molecule has 0 saturated heterocycles. The van der Waals surface area contributed by atoms with Crippen LogP contribution < -0.4 is 0 Å². The maximum atomic E-state index is 12.7. The van der Waals surface area contributed by atoms with E-state index in [-0.39, 0.29) is 11.5 Å². The lowest BCUT2D eigenvalue weighted by atomic mass is 10.1. The van der Waals surface area contributed by atoms with Gasteiger partial charge in [-0.3, -0.25) is 9.36 Å². The van der Waals surface area contributed by atoms with E-state index in [1.54, 1.807) is 23.2 Å². The van der Waals surface area contributed by atoms with Crippen molar-refractivity contribution in [2.24, 2.45) is 0 Å². The molecule has 1 aliphatic rings. The number of hydrogen-bond donors (Lipinski definition) is 1. The molecule has 1 amide bonds. The summed E-state index contributed by atoms with van der Waals surface area (Å²) in [5.41, 5.74) is 2.14. The van der Waals surface area contributed by atoms with Crippen molar-refractivity contribution in [2.75, 3.05) is 6.54 Å². The van der Waals surface area contributed by atoms with E-state index in [0.717, 1.165) is 17.9 Å². The van der Waals surface area contributed by atoms with Gasteiger partial charge in [-0.1, -0.05) is 6.92 Å². The molecule has 0 atom stereocenters. The van der Waals surface area contributed by atoms with E-state index < -0.39 is 5.97 Å². The third-order valence-corrected chi connectivity index (χ3v) is 3.84. The Morgan fingerprint density at radius 3 is 2.86 bits per heavy atom. The molecule has 0 fully saturated rings. The summed E-state index contributed by atoms with van der Waals surface area (Å²) in [4.78, 5) is 30.1. The van der Waals surface area contributed by atoms with Gasteiger partial charge in [-0.15, -0.1) is 0 Å². The number of carboxylic acids is 1. The number of carbonyl (C=O) groups excluding carboxylic acids is 1. The zero-order valence-corrected chi connectivity index (χ0v) is 12.5. The number of rotatable bonds is 3. The monoisotopic (exact) mass is 299 g/mol. The van der Waals surface area contributed by atoms with Crippen LogP contribution in [0.15, 0.2) is 24.4 Å². The molecule has 0 saturated carbocycles. The molecular formula is C16H17N3O3. The van der Waals surface area contributed by atoms with E-state index in [4.69, 9.17) is 0 Å². The van der Waals surface area contributed by atoms with Gasteiger partial charge in [0.15, 0.2) is 0 Å². The summed E-state index contributed by atoms with van der Waals surface area (Å²) in [5, 5.41) is 9.21. The number of hydrogen-bond acceptors (Lipinski definition) is 3. The first-order valence-electron chi connectivity index (χ1n) is 7.23. The fourth-order valence-corrected chi connectivity index (χ4v) is 2.82. The molecule has 0 bridgehead atoms. The minimum atomic E-state index is -1.01. The van der Waals surface area contributed by atoms with Gasteiger partial charge in [0.05, 0.1) is 23.4 Å². The molecule has 1 N–H and O–H groups in total. The summed E-state index contributed by atoms with van der Waals surface area (Å²) in [7, 11) is 0. The van der Waals surface area contributed by atoms with Crippen LogP contribution >= 0.6 is 0 Å². The van der Waals surface area contributed by atoms with E-state index in [2.05, 4.69) is 4.98 Å². The summed E-state index contributed by atoms with van der Waals surface area (Å²) < 4.78 is 1.87. The fourth-order valence-electron chi connectivity index (χ4n) is 2.82. The zero-order chi connectivity index (χ0) is 15.9. The van der Waals surface area contributed by atoms with Gasteiger partial charge >= 0.3 is 5.97 Å². The Morgan fingerprint density at radius 1 is 1.41 bits per heavy atom. The van der Waals surface area contributed by atoms with Gasteiger partial charge in [0.1, 0.15) is 5.82 Å². The largest absolute Gasteiger partial charge is 0.478 e. The summed E-state index contributed by atoms with van der Waals surface area (Å²) in [6, 6.07) is 4.61. The maximum Gasteiger partial charge on any atom is 0.335 e. The third-order valence-electron chi connectivity index (χ3n) is 3.84. The van der Waals surface area contributed by atoms with Gasteiger partial charge in [-0.05, 0) is 31.5 Å². The quantitative estimate of drug-likeness (QED) is 0.943. The number of carboxylic acid groups (broad SMARTS) is 1. The molecule has 2 heterocycles. The van der Waals surface area contributed by atoms with Crippen LogP contribution in [0.3, 0.4) is 0 Å². The fraction of sp³-hybridized carbons (Fsp3) is 0.312. The van der Waals surface area contributed by atoms with Crippen molar-refractivity contribution in [3.8, 4) is 5.69 Å². The van der Waals surface area contributed by atoms with Crippen molar-refractivity contribution in [1.29, 1.82) is 0 Å². The van der Waals surface area contributed by atoms with E-state index >= 15 is 0 Å². The highest BCUT2D eigenvalue weighted by Crippen LogP contribution is 2.27. The van der Waals surface area contributed by atoms with Gasteiger partial charge in [-0.2, -0.15) is 0 Å². The molecule has 6 heteroatoms. The highest BCUT2D eigenvalue weighted by atomic mass is 16.4. The number of aromatic nitrogens is 2. The minimum absolute atomic E-state index is 0.0845. The second kappa shape index (κ2) is 5.29. The van der Waals surface area contributed by atoms with E-state index in [1.165, 1.54) is 6.07 Å². The van der Waals surface area contributed by atoms with Crippen LogP contribution in [0.2, 0.25) is 0 Å². The summed E-state index contributed by atoms with van der Waals surface area (Å²) in [6.07, 6.45) is 2.60. The van der Waals surface area contributed by atoms with Gasteiger partial charge in [0.2, 0.25) is 0 Å². The first kappa shape index (κ1) is 14.3. The first-order valence-corrected chi connectivity index (χ1v) is 7.23. The molecule has 22 heavy (non-hydrogen) atoms. The van der Waals surface area contributed by atoms with Gasteiger partial charge in [0.25, 0.3) is 5.91 Å². The van der Waals surface area contributed by atoms with Crippen LogP contribution in [0.5, 0.6) is 0 Å². The SMILES string of the molecule is CCCN1Cc2ncc(C)n2-c2cc(C(=O)O)ccc2C1=O. The number of benzene rings is 1. The Kier molecular flexibility index (Phi) is 3.44. The van der Waals surface area contributed by atoms with Crippen LogP contribution in [0.25, 0.3) is 5.69 Å². The molecule has 114 valence electrons. The molecule has 3 rings (SSSR count). The Balaban J connectivity index is 2.25. The van der Waals surface area contributed by atoms with Crippen molar-refractivity contribution in [3.05, 3.63) is 47.0 Å². The average molecular weight is 299 g/mol. The van der Waals surface area contributed by atoms with Crippen molar-refractivity contribution in [2.45, 2.75) is 26.8 Å². The average Bonchev–Trinajstić information content (AvgIpc) is 2.80. The number of imidazole rings is 1. The van der Waals surface area contributed by atoms with Crippen LogP contribution in [0.1, 0.15) is 45.6 Å². The molecule has 0 spiro atoms. The molecule has 1 aromatic carbocycles. The zero-order valence-electron chi connectivity index (χ0n) is 12.5. The molecule has 1 aromatic heterocycles. The van der Waals surface area contributed by atoms with E-state index in [1.807, 2.05) is 18.4 Å². The molecule has 0 unspecified atom stereocenters. The molecule has 2 aromatic rings. The summed E-state index contributed by atoms with van der Waals surface area (Å²) >= 11 is 0. The Bertz CT molecular complexity index is 764. The Labute approximate surface area is 128 Å². The highest BCUT2D eigenvalue weighted by molar-refractivity contribution is 6.00. The minimum Gasteiger partial charge on any atom is -0.478 e. The molecule has 0 aliphatic carbocycles. The Hall–Kier alpha value is -2.63. The smallest absolute Gasteiger partial charge is 0.335 e. The highest BCUT2D eigenvalue weighted by Gasteiger charge is 2.27. The number of nitrogens with zero attached hydrogens (tertiary/aromatic N) is 3. The topological polar surface area (TPSA) is 75.4 Å². The molecule has 0 radical (unpaired) electrons. The lowest BCUT2D eigenvalue weighted by Crippen LogP contribution is -2.30. The van der Waals surface area contributed by atoms with Gasteiger partial charge < -0.3 is 10.0 Å². The predicted octanol–water partition coefficient (Wildman–Crippen LogP) is 2.24. The summed E-state index contributed by atoms with van der Waals surface area (Å²) in [6.45, 7) is 4.99. The first-order chi connectivity index (χ1) is 10.5. The van der Waals surface area contributed by atoms with Gasteiger partial charge in [0, 0.05) is 18.4 Å². The number of aromatic carboxylic acids is 1. The second-order valence-corrected chi connectivity index (χ2v) is 5.42. The second-order valence-electron chi connectivity index (χ2n) is 5.42. The Morgan fingerprint density at radius 2 is 2.18 bits per heavy atom.